The molecule has 0 radical (unpaired) electrons. The Morgan fingerprint density at radius 1 is 1.70 bits per heavy atom. The second-order valence-electron chi connectivity index (χ2n) is 4.73. The Kier molecular flexibility index (Phi) is 4.34. The number of carbonyl (C=O) groups excluding carboxylic acids is 1. The third-order valence-electron chi connectivity index (χ3n) is 3.49. The van der Waals surface area contributed by atoms with Crippen LogP contribution in [0, 0.1) is 5.92 Å². The molecule has 4 N–H and O–H groups in total. The zero-order chi connectivity index (χ0) is 14.9. The molecule has 20 heavy (non-hydrogen) atoms. The average Bonchev–Trinajstić information content (AvgIpc) is 2.69. The van der Waals surface area contributed by atoms with Crippen LogP contribution in [0.2, 0.25) is 0 Å². The molecule has 0 saturated carbocycles. The molecule has 0 aromatic carbocycles. The third kappa shape index (κ3) is 2.40. The summed E-state index contributed by atoms with van der Waals surface area (Å²) in [7, 11) is 0. The molecular weight excluding hydrogens is 282 g/mol. The molecule has 0 aromatic rings. The molecule has 1 saturated heterocycles. The number of carboxylic acid groups (broad SMARTS) is 1. The summed E-state index contributed by atoms with van der Waals surface area (Å²) in [4.78, 5) is 29.1. The van der Waals surface area contributed by atoms with Gasteiger partial charge in [-0.3, -0.25) is 9.79 Å². The lowest BCUT2D eigenvalue weighted by Crippen LogP contribution is -2.61. The molecule has 2 heterocycles. The van der Waals surface area contributed by atoms with E-state index in [1.807, 2.05) is 0 Å². The van der Waals surface area contributed by atoms with Crippen molar-refractivity contribution in [3.05, 3.63) is 10.6 Å². The van der Waals surface area contributed by atoms with Gasteiger partial charge in [0.05, 0.1) is 30.9 Å². The van der Waals surface area contributed by atoms with Gasteiger partial charge in [-0.1, -0.05) is 0 Å². The fraction of sp³-hybridized carbons (Fsp3) is 0.583. The predicted octanol–water partition coefficient (Wildman–Crippen LogP) is -0.386. The first-order valence-corrected chi connectivity index (χ1v) is 7.28. The fourth-order valence-electron chi connectivity index (χ4n) is 2.66. The number of hydrogen-bond donors (Lipinski definition) is 3. The van der Waals surface area contributed by atoms with E-state index >= 15 is 0 Å². The molecule has 0 bridgehead atoms. The van der Waals surface area contributed by atoms with Crippen molar-refractivity contribution >= 4 is 30.0 Å². The minimum Gasteiger partial charge on any atom is -0.477 e. The van der Waals surface area contributed by atoms with Crippen molar-refractivity contribution in [3.8, 4) is 0 Å². The van der Waals surface area contributed by atoms with Crippen molar-refractivity contribution in [3.63, 3.8) is 0 Å². The first kappa shape index (κ1) is 14.9. The average molecular weight is 299 g/mol. The number of carbonyl (C=O) groups is 2. The van der Waals surface area contributed by atoms with Crippen LogP contribution in [-0.4, -0.2) is 57.8 Å². The highest BCUT2D eigenvalue weighted by atomic mass is 32.2. The van der Waals surface area contributed by atoms with E-state index in [2.05, 4.69) is 4.99 Å². The summed E-state index contributed by atoms with van der Waals surface area (Å²) < 4.78 is 0. The third-order valence-corrected chi connectivity index (χ3v) is 4.59. The molecule has 8 heteroatoms. The van der Waals surface area contributed by atoms with Crippen molar-refractivity contribution in [2.24, 2.45) is 16.6 Å². The highest BCUT2D eigenvalue weighted by Crippen LogP contribution is 2.46. The van der Waals surface area contributed by atoms with Crippen LogP contribution in [0.15, 0.2) is 15.6 Å². The van der Waals surface area contributed by atoms with Gasteiger partial charge in [0.1, 0.15) is 5.70 Å². The van der Waals surface area contributed by atoms with Crippen molar-refractivity contribution in [1.29, 1.82) is 0 Å². The monoisotopic (exact) mass is 299 g/mol. The Hall–Kier alpha value is -1.54. The van der Waals surface area contributed by atoms with Gasteiger partial charge >= 0.3 is 5.97 Å². The largest absolute Gasteiger partial charge is 0.477 e. The standard InChI is InChI=1S/C12H17N3O4S/c1-6(16)9-7-4-8(20-3-2-14-5-13)10(12(18)19)15(7)11(9)17/h5-7,9,16H,2-4H2,1H3,(H2,13,14)(H,18,19)/t6?,7?,9-/m1/s1. The van der Waals surface area contributed by atoms with Crippen LogP contribution in [0.25, 0.3) is 0 Å². The van der Waals surface area contributed by atoms with E-state index in [1.165, 1.54) is 23.0 Å². The zero-order valence-corrected chi connectivity index (χ0v) is 11.8. The number of aliphatic hydroxyl groups excluding tert-OH is 1. The Balaban J connectivity index is 2.11. The number of aliphatic imine (C=N–C) groups is 1. The van der Waals surface area contributed by atoms with E-state index in [0.29, 0.717) is 23.6 Å². The summed E-state index contributed by atoms with van der Waals surface area (Å²) >= 11 is 1.38. The summed E-state index contributed by atoms with van der Waals surface area (Å²) in [6, 6.07) is -0.228. The number of fused-ring (bicyclic) bond motifs is 1. The van der Waals surface area contributed by atoms with Crippen LogP contribution >= 0.6 is 11.8 Å². The van der Waals surface area contributed by atoms with Gasteiger partial charge in [0.25, 0.3) is 0 Å². The molecule has 2 rings (SSSR count). The zero-order valence-electron chi connectivity index (χ0n) is 11.0. The van der Waals surface area contributed by atoms with Crippen molar-refractivity contribution in [2.45, 2.75) is 25.5 Å². The number of nitrogens with two attached hydrogens (primary N) is 1. The number of amides is 1. The second-order valence-corrected chi connectivity index (χ2v) is 5.92. The number of aliphatic carboxylic acids is 1. The lowest BCUT2D eigenvalue weighted by atomic mass is 9.83. The van der Waals surface area contributed by atoms with Crippen LogP contribution in [-0.2, 0) is 9.59 Å². The fourth-order valence-corrected chi connectivity index (χ4v) is 3.71. The topological polar surface area (TPSA) is 116 Å². The van der Waals surface area contributed by atoms with Gasteiger partial charge in [0.2, 0.25) is 5.91 Å². The van der Waals surface area contributed by atoms with Crippen molar-refractivity contribution in [2.75, 3.05) is 12.3 Å². The first-order chi connectivity index (χ1) is 9.49. The minimum absolute atomic E-state index is 0.0543. The molecule has 0 spiro atoms. The van der Waals surface area contributed by atoms with E-state index in [-0.39, 0.29) is 17.6 Å². The molecule has 2 unspecified atom stereocenters. The van der Waals surface area contributed by atoms with E-state index in [4.69, 9.17) is 5.73 Å². The SMILES string of the molecule is CC(O)[C@H]1C(=O)N2C(C(=O)O)=C(SCCN=CN)CC12. The van der Waals surface area contributed by atoms with Crippen LogP contribution in [0.1, 0.15) is 13.3 Å². The Morgan fingerprint density at radius 3 is 2.95 bits per heavy atom. The predicted molar refractivity (Wildman–Crippen MR) is 75.1 cm³/mol. The van der Waals surface area contributed by atoms with E-state index < -0.39 is 18.0 Å². The maximum atomic E-state index is 11.9. The van der Waals surface area contributed by atoms with Gasteiger partial charge in [-0.15, -0.1) is 11.8 Å². The van der Waals surface area contributed by atoms with Crippen molar-refractivity contribution in [1.82, 2.24) is 4.90 Å². The lowest BCUT2D eigenvalue weighted by molar-refractivity contribution is -0.161. The van der Waals surface area contributed by atoms with Gasteiger partial charge in [-0.25, -0.2) is 4.79 Å². The molecule has 0 aliphatic carbocycles. The number of carboxylic acids is 1. The smallest absolute Gasteiger partial charge is 0.353 e. The first-order valence-electron chi connectivity index (χ1n) is 6.29. The molecular formula is C12H17N3O4S. The molecule has 7 nitrogen and oxygen atoms in total. The van der Waals surface area contributed by atoms with Crippen LogP contribution in [0.4, 0.5) is 0 Å². The van der Waals surface area contributed by atoms with Gasteiger partial charge in [-0.2, -0.15) is 0 Å². The molecule has 2 aliphatic rings. The molecule has 3 atom stereocenters. The van der Waals surface area contributed by atoms with Crippen LogP contribution in [0.3, 0.4) is 0 Å². The summed E-state index contributed by atoms with van der Waals surface area (Å²) in [5.41, 5.74) is 5.19. The Labute approximate surface area is 120 Å². The van der Waals surface area contributed by atoms with Gasteiger partial charge in [0.15, 0.2) is 0 Å². The van der Waals surface area contributed by atoms with Crippen LogP contribution in [0.5, 0.6) is 0 Å². The Morgan fingerprint density at radius 2 is 2.40 bits per heavy atom. The highest BCUT2D eigenvalue weighted by Gasteiger charge is 2.56. The minimum atomic E-state index is -1.10. The molecule has 1 amide bonds. The van der Waals surface area contributed by atoms with E-state index in [1.54, 1.807) is 6.92 Å². The summed E-state index contributed by atoms with van der Waals surface area (Å²) in [5.74, 6) is -1.30. The number of nitrogens with zero attached hydrogens (tertiary/aromatic N) is 2. The number of aliphatic hydroxyl groups is 1. The molecule has 0 aromatic heterocycles. The number of hydrogen-bond acceptors (Lipinski definition) is 5. The maximum absolute atomic E-state index is 11.9. The normalized spacial score (nSPS) is 26.9. The molecule has 1 fully saturated rings. The number of thioether (sulfide) groups is 1. The van der Waals surface area contributed by atoms with Gasteiger partial charge in [-0.05, 0) is 6.92 Å². The number of β-lactam (4-membered cyclic amide) rings is 1. The van der Waals surface area contributed by atoms with E-state index in [9.17, 15) is 19.8 Å². The lowest BCUT2D eigenvalue weighted by Gasteiger charge is -2.44. The summed E-state index contributed by atoms with van der Waals surface area (Å²) in [6.07, 6.45) is 0.937. The van der Waals surface area contributed by atoms with Gasteiger partial charge in [0, 0.05) is 17.1 Å². The van der Waals surface area contributed by atoms with E-state index in [0.717, 1.165) is 0 Å². The molecule has 110 valence electrons. The van der Waals surface area contributed by atoms with Crippen molar-refractivity contribution < 1.29 is 19.8 Å². The summed E-state index contributed by atoms with van der Waals surface area (Å²) in [5, 5.41) is 18.9. The summed E-state index contributed by atoms with van der Waals surface area (Å²) in [6.45, 7) is 2.05. The van der Waals surface area contributed by atoms with Gasteiger partial charge < -0.3 is 20.8 Å². The molecule has 2 aliphatic heterocycles. The highest BCUT2D eigenvalue weighted by molar-refractivity contribution is 8.03. The number of rotatable bonds is 6. The van der Waals surface area contributed by atoms with Crippen LogP contribution < -0.4 is 5.73 Å². The second kappa shape index (κ2) is 5.84. The quantitative estimate of drug-likeness (QED) is 0.266. The maximum Gasteiger partial charge on any atom is 0.353 e. The Bertz CT molecular complexity index is 489.